The molecule has 2 aromatic heterocycles. The van der Waals surface area contributed by atoms with Crippen LogP contribution in [0.25, 0.3) is 0 Å². The molecule has 2 aromatic rings. The number of alkyl halides is 1. The molecular weight excluding hydrogens is 343 g/mol. The molecular formula is C17H25FN4O2S. The van der Waals surface area contributed by atoms with E-state index in [0.29, 0.717) is 31.2 Å². The largest absolute Gasteiger partial charge is 0.374 e. The molecule has 0 saturated carbocycles. The fraction of sp³-hybridized carbons (Fsp3) is 0.647. The molecule has 0 unspecified atom stereocenters. The molecule has 1 aliphatic rings. The van der Waals surface area contributed by atoms with Gasteiger partial charge in [0.05, 0.1) is 6.54 Å². The number of aromatic nitrogens is 2. The molecule has 3 rings (SSSR count). The van der Waals surface area contributed by atoms with E-state index in [1.54, 1.807) is 18.4 Å². The molecule has 6 nitrogen and oxygen atoms in total. The fourth-order valence-corrected chi connectivity index (χ4v) is 3.90. The highest BCUT2D eigenvalue weighted by molar-refractivity contribution is 7.09. The number of likely N-dealkylation sites (tertiary alicyclic amines) is 1. The zero-order chi connectivity index (χ0) is 17.8. The molecule has 0 bridgehead atoms. The van der Waals surface area contributed by atoms with Crippen molar-refractivity contribution in [3.63, 3.8) is 0 Å². The second-order valence-electron chi connectivity index (χ2n) is 6.62. The van der Waals surface area contributed by atoms with Crippen molar-refractivity contribution in [2.24, 2.45) is 0 Å². The molecule has 1 saturated heterocycles. The summed E-state index contributed by atoms with van der Waals surface area (Å²) in [6.07, 6.45) is -0.368. The number of ether oxygens (including phenoxy) is 1. The lowest BCUT2D eigenvalue weighted by molar-refractivity contribution is 0.109. The standard InChI is InChI=1S/C17H25FN4O2S/c1-12(23-3)17-19-16(24-20-17)11-21(2)9-14-7-13(18)8-22(14)10-15-5-4-6-25-15/h4-6,12-14H,7-11H2,1-3H3/t12-,13-,14-/m0/s1. The van der Waals surface area contributed by atoms with Gasteiger partial charge in [0, 0.05) is 37.7 Å². The minimum absolute atomic E-state index is 0.189. The highest BCUT2D eigenvalue weighted by Crippen LogP contribution is 2.25. The van der Waals surface area contributed by atoms with Crippen LogP contribution in [0.3, 0.4) is 0 Å². The van der Waals surface area contributed by atoms with Gasteiger partial charge in [0.15, 0.2) is 5.82 Å². The number of hydrogen-bond donors (Lipinski definition) is 0. The van der Waals surface area contributed by atoms with Crippen molar-refractivity contribution < 1.29 is 13.7 Å². The van der Waals surface area contributed by atoms with Gasteiger partial charge in [-0.15, -0.1) is 11.3 Å². The molecule has 0 amide bonds. The first-order valence-corrected chi connectivity index (χ1v) is 9.37. The van der Waals surface area contributed by atoms with Gasteiger partial charge in [0.25, 0.3) is 0 Å². The Bertz CT molecular complexity index is 651. The molecule has 0 spiro atoms. The van der Waals surface area contributed by atoms with Gasteiger partial charge in [-0.1, -0.05) is 11.2 Å². The predicted molar refractivity (Wildman–Crippen MR) is 94.1 cm³/mol. The van der Waals surface area contributed by atoms with Crippen LogP contribution in [0.2, 0.25) is 0 Å². The third-order valence-corrected chi connectivity index (χ3v) is 5.41. The fourth-order valence-electron chi connectivity index (χ4n) is 3.17. The quantitative estimate of drug-likeness (QED) is 0.714. The first kappa shape index (κ1) is 18.4. The Morgan fingerprint density at radius 1 is 1.56 bits per heavy atom. The number of nitrogens with zero attached hydrogens (tertiary/aromatic N) is 4. The number of halogens is 1. The van der Waals surface area contributed by atoms with Gasteiger partial charge < -0.3 is 9.26 Å². The van der Waals surface area contributed by atoms with E-state index in [1.807, 2.05) is 20.0 Å². The number of hydrogen-bond acceptors (Lipinski definition) is 7. The molecule has 0 aliphatic carbocycles. The number of rotatable bonds is 8. The number of thiophene rings is 1. The van der Waals surface area contributed by atoms with Gasteiger partial charge in [-0.3, -0.25) is 9.80 Å². The molecule has 3 heterocycles. The van der Waals surface area contributed by atoms with Gasteiger partial charge in [0.2, 0.25) is 5.89 Å². The number of methoxy groups -OCH3 is 1. The predicted octanol–water partition coefficient (Wildman–Crippen LogP) is 2.88. The maximum atomic E-state index is 13.9. The summed E-state index contributed by atoms with van der Waals surface area (Å²) in [6, 6.07) is 4.34. The lowest BCUT2D eigenvalue weighted by atomic mass is 10.2. The lowest BCUT2D eigenvalue weighted by Gasteiger charge is -2.27. The van der Waals surface area contributed by atoms with Crippen LogP contribution in [0.1, 0.15) is 36.0 Å². The molecule has 0 N–H and O–H groups in total. The molecule has 3 atom stereocenters. The number of likely N-dealkylation sites (N-methyl/N-ethyl adjacent to an activating group) is 1. The van der Waals surface area contributed by atoms with Crippen molar-refractivity contribution in [1.82, 2.24) is 19.9 Å². The molecule has 0 aromatic carbocycles. The van der Waals surface area contributed by atoms with Crippen LogP contribution in [-0.2, 0) is 17.8 Å². The topological polar surface area (TPSA) is 54.6 Å². The van der Waals surface area contributed by atoms with Crippen LogP contribution in [0, 0.1) is 0 Å². The van der Waals surface area contributed by atoms with Gasteiger partial charge in [0.1, 0.15) is 12.3 Å². The second kappa shape index (κ2) is 8.35. The Labute approximate surface area is 151 Å². The van der Waals surface area contributed by atoms with E-state index < -0.39 is 6.17 Å². The molecule has 8 heteroatoms. The average molecular weight is 368 g/mol. The Kier molecular flexibility index (Phi) is 6.16. The highest BCUT2D eigenvalue weighted by atomic mass is 32.1. The summed E-state index contributed by atoms with van der Waals surface area (Å²) in [6.45, 7) is 4.51. The summed E-state index contributed by atoms with van der Waals surface area (Å²) in [5, 5.41) is 6.01. The zero-order valence-corrected chi connectivity index (χ0v) is 15.7. The third-order valence-electron chi connectivity index (χ3n) is 4.54. The van der Waals surface area contributed by atoms with Crippen LogP contribution in [0.5, 0.6) is 0 Å². The summed E-state index contributed by atoms with van der Waals surface area (Å²) in [5.74, 6) is 1.11. The molecule has 1 fully saturated rings. The Morgan fingerprint density at radius 3 is 3.12 bits per heavy atom. The Balaban J connectivity index is 1.55. The normalized spacial score (nSPS) is 22.8. The second-order valence-corrected chi connectivity index (χ2v) is 7.65. The van der Waals surface area contributed by atoms with E-state index in [2.05, 4.69) is 31.4 Å². The van der Waals surface area contributed by atoms with Gasteiger partial charge in [-0.25, -0.2) is 4.39 Å². The van der Waals surface area contributed by atoms with Crippen LogP contribution in [0.15, 0.2) is 22.0 Å². The minimum Gasteiger partial charge on any atom is -0.374 e. The van der Waals surface area contributed by atoms with Gasteiger partial charge in [-0.2, -0.15) is 4.98 Å². The van der Waals surface area contributed by atoms with Crippen molar-refractivity contribution in [2.45, 2.75) is 44.8 Å². The van der Waals surface area contributed by atoms with E-state index in [9.17, 15) is 4.39 Å². The molecule has 25 heavy (non-hydrogen) atoms. The van der Waals surface area contributed by atoms with E-state index in [-0.39, 0.29) is 12.1 Å². The third kappa shape index (κ3) is 4.84. The van der Waals surface area contributed by atoms with Gasteiger partial charge in [-0.05, 0) is 31.8 Å². The summed E-state index contributed by atoms with van der Waals surface area (Å²) in [4.78, 5) is 9.98. The van der Waals surface area contributed by atoms with Gasteiger partial charge >= 0.3 is 0 Å². The molecule has 138 valence electrons. The van der Waals surface area contributed by atoms with Crippen molar-refractivity contribution in [3.05, 3.63) is 34.1 Å². The smallest absolute Gasteiger partial charge is 0.240 e. The lowest BCUT2D eigenvalue weighted by Crippen LogP contribution is -2.38. The van der Waals surface area contributed by atoms with Crippen LogP contribution < -0.4 is 0 Å². The first-order chi connectivity index (χ1) is 12.0. The Hall–Kier alpha value is -1.35. The summed E-state index contributed by atoms with van der Waals surface area (Å²) in [7, 11) is 3.61. The minimum atomic E-state index is -0.754. The summed E-state index contributed by atoms with van der Waals surface area (Å²) in [5.41, 5.74) is 0. The van der Waals surface area contributed by atoms with Crippen molar-refractivity contribution >= 4 is 11.3 Å². The van der Waals surface area contributed by atoms with E-state index >= 15 is 0 Å². The van der Waals surface area contributed by atoms with Crippen LogP contribution in [0.4, 0.5) is 4.39 Å². The van der Waals surface area contributed by atoms with Crippen LogP contribution in [-0.4, -0.2) is 59.4 Å². The highest BCUT2D eigenvalue weighted by Gasteiger charge is 2.33. The maximum Gasteiger partial charge on any atom is 0.240 e. The SMILES string of the molecule is CO[C@@H](C)c1noc(CN(C)C[C@@H]2C[C@H](F)CN2Cc2cccs2)n1. The maximum absolute atomic E-state index is 13.9. The molecule has 1 aliphatic heterocycles. The first-order valence-electron chi connectivity index (χ1n) is 8.49. The van der Waals surface area contributed by atoms with E-state index in [1.165, 1.54) is 4.88 Å². The van der Waals surface area contributed by atoms with Crippen LogP contribution >= 0.6 is 11.3 Å². The summed E-state index contributed by atoms with van der Waals surface area (Å²) < 4.78 is 24.4. The van der Waals surface area contributed by atoms with Crippen molar-refractivity contribution in [3.8, 4) is 0 Å². The molecule has 0 radical (unpaired) electrons. The zero-order valence-electron chi connectivity index (χ0n) is 14.9. The average Bonchev–Trinajstić information content (AvgIpc) is 3.30. The van der Waals surface area contributed by atoms with Crippen molar-refractivity contribution in [1.29, 1.82) is 0 Å². The van der Waals surface area contributed by atoms with E-state index in [4.69, 9.17) is 9.26 Å². The van der Waals surface area contributed by atoms with Crippen molar-refractivity contribution in [2.75, 3.05) is 27.2 Å². The van der Waals surface area contributed by atoms with E-state index in [0.717, 1.165) is 13.1 Å². The summed E-state index contributed by atoms with van der Waals surface area (Å²) >= 11 is 1.72. The monoisotopic (exact) mass is 368 g/mol. The Morgan fingerprint density at radius 2 is 2.40 bits per heavy atom.